The summed E-state index contributed by atoms with van der Waals surface area (Å²) in [5.74, 6) is 1.40. The first-order valence-electron chi connectivity index (χ1n) is 7.53. The Morgan fingerprint density at radius 3 is 2.52 bits per heavy atom. The van der Waals surface area contributed by atoms with Crippen LogP contribution in [0.4, 0.5) is 0 Å². The van der Waals surface area contributed by atoms with Crippen LogP contribution in [-0.4, -0.2) is 26.7 Å². The van der Waals surface area contributed by atoms with Gasteiger partial charge in [0.1, 0.15) is 17.2 Å². The monoisotopic (exact) mass is 383 g/mol. The Balaban J connectivity index is 2.01. The summed E-state index contributed by atoms with van der Waals surface area (Å²) in [7, 11) is 3.15. The fourth-order valence-electron chi connectivity index (χ4n) is 2.27. The van der Waals surface area contributed by atoms with Crippen molar-refractivity contribution in [3.8, 4) is 17.2 Å². The fraction of sp³-hybridized carbons (Fsp3) is 0.278. The van der Waals surface area contributed by atoms with Crippen LogP contribution in [0.3, 0.4) is 0 Å². The van der Waals surface area contributed by atoms with Gasteiger partial charge in [-0.1, -0.05) is 23.2 Å². The Morgan fingerprint density at radius 1 is 1.08 bits per heavy atom. The molecule has 0 bridgehead atoms. The molecule has 0 aromatic heterocycles. The minimum atomic E-state index is -0.298. The highest BCUT2D eigenvalue weighted by molar-refractivity contribution is 6.34. The number of halogens is 2. The van der Waals surface area contributed by atoms with Crippen LogP contribution >= 0.6 is 23.2 Å². The summed E-state index contributed by atoms with van der Waals surface area (Å²) in [5.41, 5.74) is 0.802. The van der Waals surface area contributed by atoms with Crippen LogP contribution < -0.4 is 19.5 Å². The van der Waals surface area contributed by atoms with Crippen LogP contribution in [0.25, 0.3) is 0 Å². The van der Waals surface area contributed by atoms with Gasteiger partial charge in [0.25, 0.3) is 5.91 Å². The Kier molecular flexibility index (Phi) is 6.79. The highest BCUT2D eigenvalue weighted by Crippen LogP contribution is 2.30. The topological polar surface area (TPSA) is 56.8 Å². The molecule has 2 aromatic rings. The number of benzene rings is 2. The van der Waals surface area contributed by atoms with Gasteiger partial charge in [0, 0.05) is 16.7 Å². The molecule has 0 aliphatic heterocycles. The highest BCUT2D eigenvalue weighted by atomic mass is 35.5. The predicted octanol–water partition coefficient (Wildman–Crippen LogP) is 4.27. The zero-order valence-electron chi connectivity index (χ0n) is 14.1. The largest absolute Gasteiger partial charge is 0.497 e. The van der Waals surface area contributed by atoms with E-state index in [2.05, 4.69) is 5.32 Å². The average Bonchev–Trinajstić information content (AvgIpc) is 2.61. The molecule has 0 radical (unpaired) electrons. The zero-order valence-corrected chi connectivity index (χ0v) is 15.6. The molecule has 0 spiro atoms. The Morgan fingerprint density at radius 2 is 1.84 bits per heavy atom. The molecule has 0 aliphatic rings. The lowest BCUT2D eigenvalue weighted by atomic mass is 10.1. The molecule has 0 fully saturated rings. The van der Waals surface area contributed by atoms with Crippen LogP contribution in [-0.2, 0) is 4.79 Å². The van der Waals surface area contributed by atoms with Crippen molar-refractivity contribution in [3.05, 3.63) is 52.0 Å². The van der Waals surface area contributed by atoms with Gasteiger partial charge in [-0.3, -0.25) is 4.79 Å². The molecule has 1 atom stereocenters. The lowest BCUT2D eigenvalue weighted by Gasteiger charge is -2.18. The number of ether oxygens (including phenoxy) is 3. The van der Waals surface area contributed by atoms with Gasteiger partial charge in [0.2, 0.25) is 0 Å². The molecule has 0 heterocycles. The molecule has 2 aromatic carbocycles. The SMILES string of the molecule is COc1ccc(OC)c([C@@H](C)NC(=O)COc2cc(Cl)ccc2Cl)c1. The van der Waals surface area contributed by atoms with Gasteiger partial charge in [-0.2, -0.15) is 0 Å². The van der Waals surface area contributed by atoms with Crippen molar-refractivity contribution in [2.45, 2.75) is 13.0 Å². The van der Waals surface area contributed by atoms with Crippen LogP contribution in [0.5, 0.6) is 17.2 Å². The maximum Gasteiger partial charge on any atom is 0.258 e. The van der Waals surface area contributed by atoms with Crippen molar-refractivity contribution in [3.63, 3.8) is 0 Å². The van der Waals surface area contributed by atoms with Crippen LogP contribution in [0, 0.1) is 0 Å². The number of hydrogen-bond acceptors (Lipinski definition) is 4. The summed E-state index contributed by atoms with van der Waals surface area (Å²) in [4.78, 5) is 12.2. The number of rotatable bonds is 7. The summed E-state index contributed by atoms with van der Waals surface area (Å²) >= 11 is 11.9. The predicted molar refractivity (Wildman–Crippen MR) is 98.1 cm³/mol. The van der Waals surface area contributed by atoms with Crippen LogP contribution in [0.15, 0.2) is 36.4 Å². The standard InChI is InChI=1S/C18H19Cl2NO4/c1-11(14-9-13(23-2)5-7-16(14)24-3)21-18(22)10-25-17-8-12(19)4-6-15(17)20/h4-9,11H,10H2,1-3H3,(H,21,22)/t11-/m1/s1. The van der Waals surface area contributed by atoms with Crippen molar-refractivity contribution in [2.75, 3.05) is 20.8 Å². The third-order valence-corrected chi connectivity index (χ3v) is 4.08. The number of carbonyl (C=O) groups excluding carboxylic acids is 1. The van der Waals surface area contributed by atoms with Gasteiger partial charge >= 0.3 is 0 Å². The molecule has 0 aliphatic carbocycles. The van der Waals surface area contributed by atoms with Crippen molar-refractivity contribution < 1.29 is 19.0 Å². The van der Waals surface area contributed by atoms with Crippen molar-refractivity contribution in [1.29, 1.82) is 0 Å². The molecule has 1 amide bonds. The second kappa shape index (κ2) is 8.83. The third-order valence-electron chi connectivity index (χ3n) is 3.53. The minimum absolute atomic E-state index is 0.184. The third kappa shape index (κ3) is 5.18. The molecule has 0 saturated heterocycles. The van der Waals surface area contributed by atoms with E-state index in [-0.39, 0.29) is 18.6 Å². The summed E-state index contributed by atoms with van der Waals surface area (Å²) in [6.07, 6.45) is 0. The average molecular weight is 384 g/mol. The van der Waals surface area contributed by atoms with Gasteiger partial charge in [-0.25, -0.2) is 0 Å². The molecule has 2 rings (SSSR count). The smallest absolute Gasteiger partial charge is 0.258 e. The minimum Gasteiger partial charge on any atom is -0.497 e. The fourth-order valence-corrected chi connectivity index (χ4v) is 2.60. The first-order valence-corrected chi connectivity index (χ1v) is 8.29. The molecule has 0 saturated carbocycles. The first kappa shape index (κ1) is 19.2. The lowest BCUT2D eigenvalue weighted by molar-refractivity contribution is -0.123. The number of nitrogens with one attached hydrogen (secondary N) is 1. The number of methoxy groups -OCH3 is 2. The molecule has 5 nitrogen and oxygen atoms in total. The van der Waals surface area contributed by atoms with E-state index in [1.54, 1.807) is 44.6 Å². The second-order valence-electron chi connectivity index (χ2n) is 5.26. The number of carbonyl (C=O) groups is 1. The van der Waals surface area contributed by atoms with E-state index >= 15 is 0 Å². The van der Waals surface area contributed by atoms with Gasteiger partial charge < -0.3 is 19.5 Å². The summed E-state index contributed by atoms with van der Waals surface area (Å²) in [6, 6.07) is 9.93. The number of hydrogen-bond donors (Lipinski definition) is 1. The van der Waals surface area contributed by atoms with E-state index in [4.69, 9.17) is 37.4 Å². The Hall–Kier alpha value is -2.11. The molecular formula is C18H19Cl2NO4. The van der Waals surface area contributed by atoms with E-state index in [9.17, 15) is 4.79 Å². The maximum atomic E-state index is 12.2. The number of amides is 1. The summed E-state index contributed by atoms with van der Waals surface area (Å²) < 4.78 is 16.0. The van der Waals surface area contributed by atoms with Crippen LogP contribution in [0.2, 0.25) is 10.0 Å². The van der Waals surface area contributed by atoms with Crippen molar-refractivity contribution >= 4 is 29.1 Å². The Bertz CT molecular complexity index is 752. The molecule has 134 valence electrons. The Labute approximate surface area is 156 Å². The molecule has 25 heavy (non-hydrogen) atoms. The van der Waals surface area contributed by atoms with E-state index in [1.807, 2.05) is 13.0 Å². The summed E-state index contributed by atoms with van der Waals surface area (Å²) in [5, 5.41) is 3.72. The molecule has 1 N–H and O–H groups in total. The van der Waals surface area contributed by atoms with Crippen LogP contribution in [0.1, 0.15) is 18.5 Å². The zero-order chi connectivity index (χ0) is 18.4. The van der Waals surface area contributed by atoms with E-state index < -0.39 is 0 Å². The normalized spacial score (nSPS) is 11.6. The van der Waals surface area contributed by atoms with E-state index in [0.717, 1.165) is 5.56 Å². The van der Waals surface area contributed by atoms with E-state index in [0.29, 0.717) is 27.3 Å². The molecular weight excluding hydrogens is 365 g/mol. The van der Waals surface area contributed by atoms with E-state index in [1.165, 1.54) is 0 Å². The molecule has 0 unspecified atom stereocenters. The quantitative estimate of drug-likeness (QED) is 0.775. The molecule has 7 heteroatoms. The van der Waals surface area contributed by atoms with Gasteiger partial charge in [0.05, 0.1) is 25.3 Å². The lowest BCUT2D eigenvalue weighted by Crippen LogP contribution is -2.31. The van der Waals surface area contributed by atoms with Gasteiger partial charge in [0.15, 0.2) is 6.61 Å². The van der Waals surface area contributed by atoms with Gasteiger partial charge in [-0.15, -0.1) is 0 Å². The maximum absolute atomic E-state index is 12.2. The van der Waals surface area contributed by atoms with Crippen molar-refractivity contribution in [2.24, 2.45) is 0 Å². The highest BCUT2D eigenvalue weighted by Gasteiger charge is 2.16. The van der Waals surface area contributed by atoms with Gasteiger partial charge in [-0.05, 0) is 37.3 Å². The summed E-state index contributed by atoms with van der Waals surface area (Å²) in [6.45, 7) is 1.66. The first-order chi connectivity index (χ1) is 11.9. The second-order valence-corrected chi connectivity index (χ2v) is 6.10. The van der Waals surface area contributed by atoms with Crippen molar-refractivity contribution in [1.82, 2.24) is 5.32 Å².